The average Bonchev–Trinajstić information content (AvgIpc) is 3.25. The third-order valence-corrected chi connectivity index (χ3v) is 3.50. The quantitative estimate of drug-likeness (QED) is 0.798. The minimum atomic E-state index is -0.361. The van der Waals surface area contributed by atoms with Gasteiger partial charge in [-0.3, -0.25) is 4.79 Å². The molecule has 0 bridgehead atoms. The molecular weight excluding hydrogens is 246 g/mol. The number of nitrogens with one attached hydrogen (secondary N) is 1. The standard InChI is InChI=1S/C14H19NO4/c1-17-10-4-5-11(12(8-10)18-2)15-9-14(6-7-14)13(16)19-3/h4-5,8,15H,6-7,9H2,1-3H3. The summed E-state index contributed by atoms with van der Waals surface area (Å²) >= 11 is 0. The van der Waals surface area contributed by atoms with E-state index < -0.39 is 0 Å². The molecule has 104 valence electrons. The fourth-order valence-corrected chi connectivity index (χ4v) is 2.03. The number of esters is 1. The number of ether oxygens (including phenoxy) is 3. The van der Waals surface area contributed by atoms with Crippen LogP contribution in [0.4, 0.5) is 5.69 Å². The summed E-state index contributed by atoms with van der Waals surface area (Å²) in [6.07, 6.45) is 1.73. The van der Waals surface area contributed by atoms with Gasteiger partial charge in [0.05, 0.1) is 32.4 Å². The summed E-state index contributed by atoms with van der Waals surface area (Å²) in [5.74, 6) is 1.28. The van der Waals surface area contributed by atoms with Crippen LogP contribution in [0.1, 0.15) is 12.8 Å². The molecule has 5 nitrogen and oxygen atoms in total. The highest BCUT2D eigenvalue weighted by Gasteiger charge is 2.50. The third-order valence-electron chi connectivity index (χ3n) is 3.50. The minimum absolute atomic E-state index is 0.146. The molecule has 0 amide bonds. The first-order valence-corrected chi connectivity index (χ1v) is 6.19. The molecule has 1 aliphatic carbocycles. The molecule has 1 aromatic rings. The van der Waals surface area contributed by atoms with Gasteiger partial charge in [0, 0.05) is 12.6 Å². The largest absolute Gasteiger partial charge is 0.497 e. The van der Waals surface area contributed by atoms with E-state index in [4.69, 9.17) is 14.2 Å². The van der Waals surface area contributed by atoms with Crippen molar-refractivity contribution in [2.75, 3.05) is 33.2 Å². The summed E-state index contributed by atoms with van der Waals surface area (Å²) in [5.41, 5.74) is 0.484. The molecule has 0 atom stereocenters. The molecule has 0 radical (unpaired) electrons. The lowest BCUT2D eigenvalue weighted by atomic mass is 10.1. The van der Waals surface area contributed by atoms with Crippen molar-refractivity contribution in [2.24, 2.45) is 5.41 Å². The summed E-state index contributed by atoms with van der Waals surface area (Å²) in [5, 5.41) is 3.25. The lowest BCUT2D eigenvalue weighted by molar-refractivity contribution is -0.146. The minimum Gasteiger partial charge on any atom is -0.497 e. The maximum absolute atomic E-state index is 11.7. The van der Waals surface area contributed by atoms with Crippen LogP contribution in [0.25, 0.3) is 0 Å². The van der Waals surface area contributed by atoms with Gasteiger partial charge in [-0.15, -0.1) is 0 Å². The van der Waals surface area contributed by atoms with Crippen LogP contribution in [0.5, 0.6) is 11.5 Å². The Balaban J connectivity index is 2.05. The number of methoxy groups -OCH3 is 3. The highest BCUT2D eigenvalue weighted by Crippen LogP contribution is 2.47. The Morgan fingerprint density at radius 3 is 2.53 bits per heavy atom. The van der Waals surface area contributed by atoms with Crippen LogP contribution in [0, 0.1) is 5.41 Å². The smallest absolute Gasteiger partial charge is 0.313 e. The van der Waals surface area contributed by atoms with E-state index >= 15 is 0 Å². The number of carbonyl (C=O) groups excluding carboxylic acids is 1. The van der Waals surface area contributed by atoms with E-state index in [9.17, 15) is 4.79 Å². The predicted octanol–water partition coefficient (Wildman–Crippen LogP) is 2.07. The van der Waals surface area contributed by atoms with Crippen LogP contribution in [0.2, 0.25) is 0 Å². The zero-order valence-electron chi connectivity index (χ0n) is 11.5. The Kier molecular flexibility index (Phi) is 3.83. The summed E-state index contributed by atoms with van der Waals surface area (Å²) in [6, 6.07) is 5.54. The number of anilines is 1. The van der Waals surface area contributed by atoms with Crippen LogP contribution in [0.15, 0.2) is 18.2 Å². The monoisotopic (exact) mass is 265 g/mol. The van der Waals surface area contributed by atoms with Gasteiger partial charge in [0.1, 0.15) is 11.5 Å². The lowest BCUT2D eigenvalue weighted by Gasteiger charge is -2.16. The molecule has 0 aliphatic heterocycles. The van der Waals surface area contributed by atoms with Gasteiger partial charge in [0.15, 0.2) is 0 Å². The van der Waals surface area contributed by atoms with Crippen LogP contribution >= 0.6 is 0 Å². The maximum Gasteiger partial charge on any atom is 0.313 e. The molecule has 0 spiro atoms. The molecule has 5 heteroatoms. The van der Waals surface area contributed by atoms with Crippen molar-refractivity contribution in [1.29, 1.82) is 0 Å². The number of hydrogen-bond donors (Lipinski definition) is 1. The Hall–Kier alpha value is -1.91. The van der Waals surface area contributed by atoms with Gasteiger partial charge in [-0.1, -0.05) is 0 Å². The average molecular weight is 265 g/mol. The predicted molar refractivity (Wildman–Crippen MR) is 71.7 cm³/mol. The zero-order valence-corrected chi connectivity index (χ0v) is 11.5. The Morgan fingerprint density at radius 2 is 2.00 bits per heavy atom. The Morgan fingerprint density at radius 1 is 1.26 bits per heavy atom. The summed E-state index contributed by atoms with van der Waals surface area (Å²) in [4.78, 5) is 11.7. The summed E-state index contributed by atoms with van der Waals surface area (Å²) in [7, 11) is 4.64. The summed E-state index contributed by atoms with van der Waals surface area (Å²) < 4.78 is 15.3. The second-order valence-corrected chi connectivity index (χ2v) is 4.69. The van der Waals surface area contributed by atoms with Crippen molar-refractivity contribution in [3.63, 3.8) is 0 Å². The van der Waals surface area contributed by atoms with Gasteiger partial charge in [0.25, 0.3) is 0 Å². The van der Waals surface area contributed by atoms with Gasteiger partial charge < -0.3 is 19.5 Å². The molecule has 19 heavy (non-hydrogen) atoms. The molecule has 0 saturated heterocycles. The molecular formula is C14H19NO4. The van der Waals surface area contributed by atoms with Crippen molar-refractivity contribution >= 4 is 11.7 Å². The van der Waals surface area contributed by atoms with Gasteiger partial charge in [-0.25, -0.2) is 0 Å². The highest BCUT2D eigenvalue weighted by atomic mass is 16.5. The molecule has 1 aromatic carbocycles. The molecule has 1 aliphatic rings. The van der Waals surface area contributed by atoms with Crippen molar-refractivity contribution in [3.8, 4) is 11.5 Å². The maximum atomic E-state index is 11.7. The van der Waals surface area contributed by atoms with Gasteiger partial charge in [0.2, 0.25) is 0 Å². The normalized spacial score (nSPS) is 15.5. The molecule has 0 heterocycles. The fourth-order valence-electron chi connectivity index (χ4n) is 2.03. The molecule has 1 saturated carbocycles. The first-order valence-electron chi connectivity index (χ1n) is 6.19. The number of benzene rings is 1. The third kappa shape index (κ3) is 2.75. The van der Waals surface area contributed by atoms with Crippen LogP contribution in [0.3, 0.4) is 0 Å². The number of carbonyl (C=O) groups is 1. The van der Waals surface area contributed by atoms with E-state index in [-0.39, 0.29) is 11.4 Å². The number of rotatable bonds is 6. The van der Waals surface area contributed by atoms with Gasteiger partial charge >= 0.3 is 5.97 Å². The number of hydrogen-bond acceptors (Lipinski definition) is 5. The van der Waals surface area contributed by atoms with Crippen molar-refractivity contribution in [3.05, 3.63) is 18.2 Å². The fraction of sp³-hybridized carbons (Fsp3) is 0.500. The van der Waals surface area contributed by atoms with E-state index in [1.807, 2.05) is 12.1 Å². The van der Waals surface area contributed by atoms with Gasteiger partial charge in [-0.05, 0) is 25.0 Å². The van der Waals surface area contributed by atoms with Crippen molar-refractivity contribution < 1.29 is 19.0 Å². The van der Waals surface area contributed by atoms with Crippen LogP contribution in [-0.2, 0) is 9.53 Å². The first-order chi connectivity index (χ1) is 9.15. The second kappa shape index (κ2) is 5.38. The van der Waals surface area contributed by atoms with E-state index in [0.29, 0.717) is 12.3 Å². The molecule has 2 rings (SSSR count). The molecule has 0 aromatic heterocycles. The molecule has 0 unspecified atom stereocenters. The van der Waals surface area contributed by atoms with E-state index in [2.05, 4.69) is 5.32 Å². The van der Waals surface area contributed by atoms with Gasteiger partial charge in [-0.2, -0.15) is 0 Å². The molecule has 1 fully saturated rings. The molecule has 1 N–H and O–H groups in total. The van der Waals surface area contributed by atoms with Crippen molar-refractivity contribution in [1.82, 2.24) is 0 Å². The Bertz CT molecular complexity index is 469. The van der Waals surface area contributed by atoms with E-state index in [1.165, 1.54) is 7.11 Å². The van der Waals surface area contributed by atoms with E-state index in [1.54, 1.807) is 20.3 Å². The SMILES string of the molecule is COC(=O)C1(CNc2ccc(OC)cc2OC)CC1. The highest BCUT2D eigenvalue weighted by molar-refractivity contribution is 5.80. The second-order valence-electron chi connectivity index (χ2n) is 4.69. The topological polar surface area (TPSA) is 56.8 Å². The van der Waals surface area contributed by atoms with E-state index in [0.717, 1.165) is 24.3 Å². The van der Waals surface area contributed by atoms with Crippen LogP contribution < -0.4 is 14.8 Å². The Labute approximate surface area is 112 Å². The zero-order chi connectivity index (χ0) is 13.9. The lowest BCUT2D eigenvalue weighted by Crippen LogP contribution is -2.26. The van der Waals surface area contributed by atoms with Crippen LogP contribution in [-0.4, -0.2) is 33.8 Å². The summed E-state index contributed by atoms with van der Waals surface area (Å²) in [6.45, 7) is 0.558. The van der Waals surface area contributed by atoms with Crippen molar-refractivity contribution in [2.45, 2.75) is 12.8 Å². The first kappa shape index (κ1) is 13.5.